The normalized spacial score (nSPS) is 14.5. The van der Waals surface area contributed by atoms with Crippen molar-refractivity contribution < 1.29 is 8.95 Å². The molecule has 102 valence electrons. The molecule has 0 radical (unpaired) electrons. The number of rotatable bonds is 7. The van der Waals surface area contributed by atoms with Crippen molar-refractivity contribution in [3.05, 3.63) is 29.8 Å². The van der Waals surface area contributed by atoms with Crippen LogP contribution in [0.5, 0.6) is 5.75 Å². The van der Waals surface area contributed by atoms with Crippen LogP contribution in [0.15, 0.2) is 24.3 Å². The van der Waals surface area contributed by atoms with Crippen molar-refractivity contribution in [2.24, 2.45) is 0 Å². The molecule has 18 heavy (non-hydrogen) atoms. The number of hydrogen-bond acceptors (Lipinski definition) is 3. The van der Waals surface area contributed by atoms with Crippen LogP contribution in [-0.4, -0.2) is 28.9 Å². The molecule has 0 aliphatic heterocycles. The molecule has 0 aromatic heterocycles. The predicted octanol–water partition coefficient (Wildman–Crippen LogP) is 2.50. The lowest BCUT2D eigenvalue weighted by molar-refractivity contribution is 0.242. The van der Waals surface area contributed by atoms with Gasteiger partial charge >= 0.3 is 0 Å². The van der Waals surface area contributed by atoms with Gasteiger partial charge in [-0.15, -0.1) is 0 Å². The van der Waals surface area contributed by atoms with E-state index < -0.39 is 10.8 Å². The summed E-state index contributed by atoms with van der Waals surface area (Å²) in [7, 11) is -0.806. The Balaban J connectivity index is 2.76. The molecular weight excluding hydrogens is 246 g/mol. The molecule has 0 amide bonds. The zero-order chi connectivity index (χ0) is 13.5. The maximum atomic E-state index is 11.4. The lowest BCUT2D eigenvalue weighted by Crippen LogP contribution is -2.25. The Bertz CT molecular complexity index is 376. The standard InChI is InChI=1S/C14H23NO2S/c1-5-15-14(10-18(4)16)12-6-8-13(9-7-12)17-11(2)3/h6-9,11,14-15H,5,10H2,1-4H3. The van der Waals surface area contributed by atoms with E-state index in [9.17, 15) is 4.21 Å². The van der Waals surface area contributed by atoms with Gasteiger partial charge in [-0.3, -0.25) is 4.21 Å². The molecule has 1 aromatic carbocycles. The summed E-state index contributed by atoms with van der Waals surface area (Å²) in [6.45, 7) is 6.94. The summed E-state index contributed by atoms with van der Waals surface area (Å²) in [5.41, 5.74) is 1.16. The molecule has 0 fully saturated rings. The summed E-state index contributed by atoms with van der Waals surface area (Å²) < 4.78 is 17.0. The van der Waals surface area contributed by atoms with Gasteiger partial charge in [-0.05, 0) is 38.1 Å². The summed E-state index contributed by atoms with van der Waals surface area (Å²) in [5, 5.41) is 3.36. The molecule has 0 aliphatic carbocycles. The van der Waals surface area contributed by atoms with Gasteiger partial charge in [0.25, 0.3) is 0 Å². The minimum Gasteiger partial charge on any atom is -0.491 e. The average Bonchev–Trinajstić information content (AvgIpc) is 2.28. The molecule has 3 nitrogen and oxygen atoms in total. The first kappa shape index (κ1) is 15.2. The van der Waals surface area contributed by atoms with Gasteiger partial charge in [0.2, 0.25) is 0 Å². The zero-order valence-corrected chi connectivity index (χ0v) is 12.4. The molecule has 1 rings (SSSR count). The quantitative estimate of drug-likeness (QED) is 0.826. The van der Waals surface area contributed by atoms with Gasteiger partial charge in [-0.2, -0.15) is 0 Å². The van der Waals surface area contributed by atoms with Crippen LogP contribution in [0.1, 0.15) is 32.4 Å². The molecule has 0 aliphatic rings. The smallest absolute Gasteiger partial charge is 0.119 e. The summed E-state index contributed by atoms with van der Waals surface area (Å²) in [5.74, 6) is 1.51. The molecule has 1 aromatic rings. The van der Waals surface area contributed by atoms with E-state index in [1.165, 1.54) is 0 Å². The molecule has 0 heterocycles. The average molecular weight is 269 g/mol. The Labute approximate surface area is 112 Å². The van der Waals surface area contributed by atoms with E-state index in [0.29, 0.717) is 5.75 Å². The molecule has 1 N–H and O–H groups in total. The van der Waals surface area contributed by atoms with Gasteiger partial charge in [0.05, 0.1) is 6.10 Å². The second-order valence-corrected chi connectivity index (χ2v) is 6.07. The zero-order valence-electron chi connectivity index (χ0n) is 11.6. The Kier molecular flexibility index (Phi) is 6.36. The molecule has 0 spiro atoms. The molecule has 2 atom stereocenters. The van der Waals surface area contributed by atoms with Crippen molar-refractivity contribution in [1.29, 1.82) is 0 Å². The van der Waals surface area contributed by atoms with Gasteiger partial charge in [0.1, 0.15) is 5.75 Å². The van der Waals surface area contributed by atoms with Crippen LogP contribution in [0.3, 0.4) is 0 Å². The van der Waals surface area contributed by atoms with Crippen LogP contribution < -0.4 is 10.1 Å². The maximum Gasteiger partial charge on any atom is 0.119 e. The molecule has 4 heteroatoms. The summed E-state index contributed by atoms with van der Waals surface area (Å²) >= 11 is 0. The first-order valence-electron chi connectivity index (χ1n) is 6.33. The van der Waals surface area contributed by atoms with Crippen molar-refractivity contribution in [1.82, 2.24) is 5.32 Å². The van der Waals surface area contributed by atoms with E-state index >= 15 is 0 Å². The van der Waals surface area contributed by atoms with E-state index in [4.69, 9.17) is 4.74 Å². The Morgan fingerprint density at radius 2 is 1.89 bits per heavy atom. The summed E-state index contributed by atoms with van der Waals surface area (Å²) in [6.07, 6.45) is 1.92. The molecular formula is C14H23NO2S. The number of benzene rings is 1. The van der Waals surface area contributed by atoms with Gasteiger partial charge < -0.3 is 10.1 Å². The van der Waals surface area contributed by atoms with Gasteiger partial charge in [0, 0.05) is 28.9 Å². The first-order chi connectivity index (χ1) is 8.52. The highest BCUT2D eigenvalue weighted by molar-refractivity contribution is 7.84. The lowest BCUT2D eigenvalue weighted by atomic mass is 10.1. The number of ether oxygens (including phenoxy) is 1. The van der Waals surface area contributed by atoms with E-state index in [1.54, 1.807) is 6.26 Å². The van der Waals surface area contributed by atoms with E-state index in [2.05, 4.69) is 12.2 Å². The third-order valence-electron chi connectivity index (χ3n) is 2.51. The van der Waals surface area contributed by atoms with Gasteiger partial charge in [0.15, 0.2) is 0 Å². The van der Waals surface area contributed by atoms with Crippen molar-refractivity contribution in [3.63, 3.8) is 0 Å². The Morgan fingerprint density at radius 1 is 1.28 bits per heavy atom. The molecule has 0 bridgehead atoms. The monoisotopic (exact) mass is 269 g/mol. The largest absolute Gasteiger partial charge is 0.491 e. The van der Waals surface area contributed by atoms with E-state index in [1.807, 2.05) is 38.1 Å². The van der Waals surface area contributed by atoms with Crippen molar-refractivity contribution in [2.45, 2.75) is 32.9 Å². The predicted molar refractivity (Wildman–Crippen MR) is 77.6 cm³/mol. The second kappa shape index (κ2) is 7.54. The maximum absolute atomic E-state index is 11.4. The highest BCUT2D eigenvalue weighted by Gasteiger charge is 2.12. The SMILES string of the molecule is CCNC(CS(C)=O)c1ccc(OC(C)C)cc1. The highest BCUT2D eigenvalue weighted by Crippen LogP contribution is 2.19. The molecule has 2 unspecified atom stereocenters. The number of nitrogens with one attached hydrogen (secondary N) is 1. The van der Waals surface area contributed by atoms with Crippen LogP contribution in [0.2, 0.25) is 0 Å². The van der Waals surface area contributed by atoms with E-state index in [-0.39, 0.29) is 12.1 Å². The van der Waals surface area contributed by atoms with Crippen LogP contribution in [0.25, 0.3) is 0 Å². The fourth-order valence-electron chi connectivity index (χ4n) is 1.80. The molecule has 0 saturated carbocycles. The third-order valence-corrected chi connectivity index (χ3v) is 3.31. The van der Waals surface area contributed by atoms with Crippen molar-refractivity contribution in [2.75, 3.05) is 18.6 Å². The second-order valence-electron chi connectivity index (χ2n) is 4.59. The third kappa shape index (κ3) is 5.19. The minimum absolute atomic E-state index is 0.147. The van der Waals surface area contributed by atoms with Crippen LogP contribution in [-0.2, 0) is 10.8 Å². The van der Waals surface area contributed by atoms with Crippen LogP contribution in [0, 0.1) is 0 Å². The first-order valence-corrected chi connectivity index (χ1v) is 8.05. The highest BCUT2D eigenvalue weighted by atomic mass is 32.2. The summed E-state index contributed by atoms with van der Waals surface area (Å²) in [6, 6.07) is 8.17. The topological polar surface area (TPSA) is 38.3 Å². The van der Waals surface area contributed by atoms with Crippen molar-refractivity contribution >= 4 is 10.8 Å². The Morgan fingerprint density at radius 3 is 2.33 bits per heavy atom. The van der Waals surface area contributed by atoms with Crippen LogP contribution in [0.4, 0.5) is 0 Å². The minimum atomic E-state index is -0.806. The Hall–Kier alpha value is -0.870. The van der Waals surface area contributed by atoms with Gasteiger partial charge in [-0.1, -0.05) is 19.1 Å². The van der Waals surface area contributed by atoms with E-state index in [0.717, 1.165) is 17.9 Å². The fourth-order valence-corrected chi connectivity index (χ4v) is 2.58. The molecule has 0 saturated heterocycles. The van der Waals surface area contributed by atoms with Crippen molar-refractivity contribution in [3.8, 4) is 5.75 Å². The fraction of sp³-hybridized carbons (Fsp3) is 0.571. The summed E-state index contributed by atoms with van der Waals surface area (Å²) in [4.78, 5) is 0. The number of hydrogen-bond donors (Lipinski definition) is 1. The van der Waals surface area contributed by atoms with Crippen LogP contribution >= 0.6 is 0 Å². The van der Waals surface area contributed by atoms with Gasteiger partial charge in [-0.25, -0.2) is 0 Å². The lowest BCUT2D eigenvalue weighted by Gasteiger charge is -2.18.